The normalized spacial score (nSPS) is 25.4. The first-order valence-electron chi connectivity index (χ1n) is 5.62. The Morgan fingerprint density at radius 2 is 1.81 bits per heavy atom. The van der Waals surface area contributed by atoms with Crippen molar-refractivity contribution >= 4 is 5.69 Å². The molecule has 1 aromatic rings. The fourth-order valence-electron chi connectivity index (χ4n) is 2.09. The van der Waals surface area contributed by atoms with Crippen LogP contribution in [-0.2, 0) is 0 Å². The van der Waals surface area contributed by atoms with Crippen LogP contribution in [0.3, 0.4) is 0 Å². The van der Waals surface area contributed by atoms with E-state index in [1.54, 1.807) is 0 Å². The molecule has 0 amide bonds. The van der Waals surface area contributed by atoms with Crippen LogP contribution in [0.5, 0.6) is 0 Å². The van der Waals surface area contributed by atoms with Crippen LogP contribution in [0.25, 0.3) is 0 Å². The van der Waals surface area contributed by atoms with Crippen LogP contribution in [-0.4, -0.2) is 12.1 Å². The molecule has 0 spiro atoms. The molecule has 0 radical (unpaired) electrons. The van der Waals surface area contributed by atoms with Crippen LogP contribution in [0.4, 0.5) is 14.5 Å². The number of nitrogens with one attached hydrogen (secondary N) is 1. The lowest BCUT2D eigenvalue weighted by molar-refractivity contribution is 0.410. The van der Waals surface area contributed by atoms with Gasteiger partial charge in [-0.05, 0) is 43.9 Å². The van der Waals surface area contributed by atoms with Crippen molar-refractivity contribution in [2.24, 2.45) is 5.73 Å². The number of anilines is 1. The summed E-state index contributed by atoms with van der Waals surface area (Å²) in [5, 5.41) is 3.04. The summed E-state index contributed by atoms with van der Waals surface area (Å²) >= 11 is 0. The van der Waals surface area contributed by atoms with Gasteiger partial charge in [-0.15, -0.1) is 0 Å². The van der Waals surface area contributed by atoms with Gasteiger partial charge in [0.1, 0.15) is 11.6 Å². The van der Waals surface area contributed by atoms with E-state index in [0.29, 0.717) is 0 Å². The topological polar surface area (TPSA) is 38.0 Å². The molecule has 0 unspecified atom stereocenters. The van der Waals surface area contributed by atoms with E-state index < -0.39 is 11.6 Å². The van der Waals surface area contributed by atoms with Crippen LogP contribution in [0, 0.1) is 11.6 Å². The zero-order chi connectivity index (χ0) is 11.5. The molecule has 1 aliphatic carbocycles. The Morgan fingerprint density at radius 1 is 1.12 bits per heavy atom. The summed E-state index contributed by atoms with van der Waals surface area (Å²) < 4.78 is 26.3. The van der Waals surface area contributed by atoms with E-state index in [1.165, 1.54) is 6.07 Å². The van der Waals surface area contributed by atoms with Crippen molar-refractivity contribution in [2.45, 2.75) is 37.8 Å². The lowest BCUT2D eigenvalue weighted by Crippen LogP contribution is -2.33. The number of hydrogen-bond acceptors (Lipinski definition) is 2. The molecule has 1 fully saturated rings. The second-order valence-electron chi connectivity index (χ2n) is 4.38. The minimum atomic E-state index is -0.420. The average Bonchev–Trinajstić information content (AvgIpc) is 2.27. The van der Waals surface area contributed by atoms with Crippen LogP contribution >= 0.6 is 0 Å². The van der Waals surface area contributed by atoms with Crippen molar-refractivity contribution in [1.82, 2.24) is 0 Å². The van der Waals surface area contributed by atoms with Gasteiger partial charge in [-0.2, -0.15) is 0 Å². The maximum atomic E-state index is 13.3. The van der Waals surface area contributed by atoms with E-state index in [2.05, 4.69) is 5.32 Å². The lowest BCUT2D eigenvalue weighted by Gasteiger charge is -2.27. The minimum absolute atomic E-state index is 0.205. The van der Waals surface area contributed by atoms with Gasteiger partial charge in [-0.1, -0.05) is 0 Å². The molecule has 88 valence electrons. The van der Waals surface area contributed by atoms with E-state index in [1.807, 2.05) is 0 Å². The van der Waals surface area contributed by atoms with Crippen LogP contribution in [0.2, 0.25) is 0 Å². The predicted molar refractivity (Wildman–Crippen MR) is 60.2 cm³/mol. The third kappa shape index (κ3) is 2.70. The molecule has 0 aromatic heterocycles. The summed E-state index contributed by atoms with van der Waals surface area (Å²) in [4.78, 5) is 0. The summed E-state index contributed by atoms with van der Waals surface area (Å²) in [7, 11) is 0. The Hall–Kier alpha value is -1.16. The van der Waals surface area contributed by atoms with Crippen LogP contribution < -0.4 is 11.1 Å². The largest absolute Gasteiger partial charge is 0.380 e. The molecule has 16 heavy (non-hydrogen) atoms. The molecule has 0 atom stereocenters. The van der Waals surface area contributed by atoms with Gasteiger partial charge in [0, 0.05) is 12.1 Å². The molecule has 2 rings (SSSR count). The highest BCUT2D eigenvalue weighted by Crippen LogP contribution is 2.23. The van der Waals surface area contributed by atoms with E-state index in [9.17, 15) is 8.78 Å². The first-order chi connectivity index (χ1) is 7.65. The van der Waals surface area contributed by atoms with Gasteiger partial charge >= 0.3 is 0 Å². The van der Waals surface area contributed by atoms with Gasteiger partial charge in [0.25, 0.3) is 0 Å². The predicted octanol–water partition coefficient (Wildman–Crippen LogP) is 2.65. The summed E-state index contributed by atoms with van der Waals surface area (Å²) in [6.07, 6.45) is 3.71. The molecule has 1 saturated carbocycles. The third-order valence-electron chi connectivity index (χ3n) is 3.06. The zero-order valence-electron chi connectivity index (χ0n) is 9.05. The number of rotatable bonds is 2. The minimum Gasteiger partial charge on any atom is -0.380 e. The van der Waals surface area contributed by atoms with Gasteiger partial charge in [0.15, 0.2) is 0 Å². The Balaban J connectivity index is 2.00. The zero-order valence-corrected chi connectivity index (χ0v) is 9.05. The third-order valence-corrected chi connectivity index (χ3v) is 3.06. The number of nitrogens with two attached hydrogens (primary N) is 1. The van der Waals surface area contributed by atoms with E-state index in [0.717, 1.165) is 37.8 Å². The van der Waals surface area contributed by atoms with Gasteiger partial charge in [-0.25, -0.2) is 8.78 Å². The number of hydrogen-bond donors (Lipinski definition) is 2. The molecular formula is C12H16F2N2. The smallest absolute Gasteiger partial charge is 0.146 e. The molecule has 3 N–H and O–H groups in total. The van der Waals surface area contributed by atoms with E-state index in [-0.39, 0.29) is 17.8 Å². The Kier molecular flexibility index (Phi) is 3.39. The second kappa shape index (κ2) is 4.78. The molecule has 0 bridgehead atoms. The van der Waals surface area contributed by atoms with Crippen molar-refractivity contribution in [3.05, 3.63) is 29.8 Å². The van der Waals surface area contributed by atoms with E-state index >= 15 is 0 Å². The fraction of sp³-hybridized carbons (Fsp3) is 0.500. The highest BCUT2D eigenvalue weighted by molar-refractivity contribution is 5.45. The average molecular weight is 226 g/mol. The monoisotopic (exact) mass is 226 g/mol. The molecule has 2 nitrogen and oxygen atoms in total. The summed E-state index contributed by atoms with van der Waals surface area (Å²) in [6, 6.07) is 3.93. The summed E-state index contributed by atoms with van der Waals surface area (Å²) in [5.74, 6) is -0.826. The first kappa shape index (κ1) is 11.3. The van der Waals surface area contributed by atoms with Crippen molar-refractivity contribution in [3.63, 3.8) is 0 Å². The maximum absolute atomic E-state index is 13.3. The van der Waals surface area contributed by atoms with E-state index in [4.69, 9.17) is 5.73 Å². The molecule has 1 aliphatic rings. The Bertz CT molecular complexity index is 360. The van der Waals surface area contributed by atoms with Gasteiger partial charge in [0.2, 0.25) is 0 Å². The van der Waals surface area contributed by atoms with Crippen molar-refractivity contribution in [3.8, 4) is 0 Å². The Morgan fingerprint density at radius 3 is 2.50 bits per heavy atom. The molecule has 1 aromatic carbocycles. The molecule has 0 heterocycles. The highest BCUT2D eigenvalue weighted by atomic mass is 19.1. The van der Waals surface area contributed by atoms with Crippen molar-refractivity contribution in [1.29, 1.82) is 0 Å². The number of halogens is 2. The first-order valence-corrected chi connectivity index (χ1v) is 5.62. The van der Waals surface area contributed by atoms with Gasteiger partial charge in [0.05, 0.1) is 5.69 Å². The fourth-order valence-corrected chi connectivity index (χ4v) is 2.09. The van der Waals surface area contributed by atoms with Gasteiger partial charge in [-0.3, -0.25) is 0 Å². The summed E-state index contributed by atoms with van der Waals surface area (Å²) in [5.41, 5.74) is 6.03. The quantitative estimate of drug-likeness (QED) is 0.813. The molecule has 0 saturated heterocycles. The molecule has 0 aliphatic heterocycles. The molecular weight excluding hydrogens is 210 g/mol. The summed E-state index contributed by atoms with van der Waals surface area (Å²) in [6.45, 7) is 0. The van der Waals surface area contributed by atoms with Crippen LogP contribution in [0.15, 0.2) is 18.2 Å². The molecule has 4 heteroatoms. The maximum Gasteiger partial charge on any atom is 0.146 e. The van der Waals surface area contributed by atoms with Gasteiger partial charge < -0.3 is 11.1 Å². The Labute approximate surface area is 93.8 Å². The standard InChI is InChI=1S/C12H16F2N2/c13-8-1-6-11(14)12(7-8)16-10-4-2-9(15)3-5-10/h1,6-7,9-10,16H,2-5,15H2. The lowest BCUT2D eigenvalue weighted by atomic mass is 9.91. The highest BCUT2D eigenvalue weighted by Gasteiger charge is 2.19. The SMILES string of the molecule is NC1CCC(Nc2cc(F)ccc2F)CC1. The van der Waals surface area contributed by atoms with Crippen molar-refractivity contribution in [2.75, 3.05) is 5.32 Å². The number of benzene rings is 1. The van der Waals surface area contributed by atoms with Crippen LogP contribution in [0.1, 0.15) is 25.7 Å². The van der Waals surface area contributed by atoms with Crippen molar-refractivity contribution < 1.29 is 8.78 Å². The second-order valence-corrected chi connectivity index (χ2v) is 4.38.